The fraction of sp³-hybridized carbons (Fsp3) is 0.333. The van der Waals surface area contributed by atoms with Crippen molar-refractivity contribution >= 4 is 5.97 Å². The van der Waals surface area contributed by atoms with Crippen LogP contribution in [0, 0.1) is 18.3 Å². The Hall–Kier alpha value is -2.02. The second-order valence-corrected chi connectivity index (χ2v) is 3.43. The van der Waals surface area contributed by atoms with Gasteiger partial charge in [0.2, 0.25) is 0 Å². The minimum Gasteiger partial charge on any atom is -0.478 e. The highest BCUT2D eigenvalue weighted by Gasteiger charge is 2.10. The summed E-state index contributed by atoms with van der Waals surface area (Å²) in [5.74, 6) is -0.416. The first-order valence-electron chi connectivity index (χ1n) is 4.98. The first kappa shape index (κ1) is 12.1. The maximum atomic E-state index is 10.7. The van der Waals surface area contributed by atoms with Gasteiger partial charge >= 0.3 is 5.97 Å². The van der Waals surface area contributed by atoms with Gasteiger partial charge in [-0.2, -0.15) is 5.26 Å². The molecule has 0 aliphatic carbocycles. The van der Waals surface area contributed by atoms with E-state index in [-0.39, 0.29) is 5.56 Å². The lowest BCUT2D eigenvalue weighted by atomic mass is 10.1. The summed E-state index contributed by atoms with van der Waals surface area (Å²) in [6, 6.07) is 6.60. The second kappa shape index (κ2) is 5.17. The van der Waals surface area contributed by atoms with Crippen molar-refractivity contribution in [3.63, 3.8) is 0 Å². The highest BCUT2D eigenvalue weighted by atomic mass is 16.5. The smallest absolute Gasteiger partial charge is 0.335 e. The van der Waals surface area contributed by atoms with Gasteiger partial charge in [-0.3, -0.25) is 0 Å². The second-order valence-electron chi connectivity index (χ2n) is 3.43. The van der Waals surface area contributed by atoms with E-state index in [1.54, 1.807) is 13.0 Å². The zero-order valence-electron chi connectivity index (χ0n) is 9.23. The number of hydrogen-bond donors (Lipinski definition) is 1. The predicted molar refractivity (Wildman–Crippen MR) is 58.5 cm³/mol. The van der Waals surface area contributed by atoms with Gasteiger partial charge in [0.05, 0.1) is 5.56 Å². The van der Waals surface area contributed by atoms with Crippen LogP contribution in [0.25, 0.3) is 0 Å². The van der Waals surface area contributed by atoms with Crippen molar-refractivity contribution in [1.29, 1.82) is 5.26 Å². The van der Waals surface area contributed by atoms with Crippen LogP contribution in [0.1, 0.15) is 29.3 Å². The highest BCUT2D eigenvalue weighted by Crippen LogP contribution is 2.21. The van der Waals surface area contributed by atoms with E-state index in [2.05, 4.69) is 0 Å². The van der Waals surface area contributed by atoms with E-state index in [1.165, 1.54) is 12.1 Å². The summed E-state index contributed by atoms with van der Waals surface area (Å²) < 4.78 is 5.42. The largest absolute Gasteiger partial charge is 0.478 e. The van der Waals surface area contributed by atoms with Gasteiger partial charge < -0.3 is 9.84 Å². The maximum Gasteiger partial charge on any atom is 0.335 e. The summed E-state index contributed by atoms with van der Waals surface area (Å²) >= 11 is 0. The van der Waals surface area contributed by atoms with E-state index in [1.807, 2.05) is 13.0 Å². The van der Waals surface area contributed by atoms with Gasteiger partial charge in [0.1, 0.15) is 11.8 Å². The Morgan fingerprint density at radius 2 is 2.31 bits per heavy atom. The molecule has 0 radical (unpaired) electrons. The molecule has 1 unspecified atom stereocenters. The first-order valence-corrected chi connectivity index (χ1v) is 4.98. The number of ether oxygens (including phenoxy) is 1. The quantitative estimate of drug-likeness (QED) is 0.843. The Balaban J connectivity index is 2.92. The zero-order valence-corrected chi connectivity index (χ0v) is 9.23. The first-order chi connectivity index (χ1) is 7.58. The molecule has 0 amide bonds. The Morgan fingerprint density at radius 3 is 2.75 bits per heavy atom. The van der Waals surface area contributed by atoms with E-state index >= 15 is 0 Å². The molecule has 1 N–H and O–H groups in total. The molecule has 0 heterocycles. The molecular formula is C12H13NO3. The number of nitriles is 1. The Morgan fingerprint density at radius 1 is 1.62 bits per heavy atom. The number of carbonyl (C=O) groups is 1. The van der Waals surface area contributed by atoms with Gasteiger partial charge in [0, 0.05) is 0 Å². The predicted octanol–water partition coefficient (Wildman–Crippen LogP) is 2.37. The summed E-state index contributed by atoms with van der Waals surface area (Å²) in [6.45, 7) is 3.61. The molecule has 1 rings (SSSR count). The van der Waals surface area contributed by atoms with Gasteiger partial charge in [-0.05, 0) is 37.1 Å². The number of rotatable bonds is 4. The number of nitrogens with zero attached hydrogens (tertiary/aromatic N) is 1. The van der Waals surface area contributed by atoms with Crippen molar-refractivity contribution in [3.05, 3.63) is 29.3 Å². The fourth-order valence-electron chi connectivity index (χ4n) is 1.27. The van der Waals surface area contributed by atoms with Crippen molar-refractivity contribution in [2.24, 2.45) is 0 Å². The standard InChI is InChI=1S/C12H13NO3/c1-3-10(7-13)16-11-5-4-9(12(14)15)6-8(11)2/h4-6,10H,3H2,1-2H3,(H,14,15). The van der Waals surface area contributed by atoms with Crippen molar-refractivity contribution in [2.45, 2.75) is 26.4 Å². The monoisotopic (exact) mass is 219 g/mol. The fourth-order valence-corrected chi connectivity index (χ4v) is 1.27. The Labute approximate surface area is 94.1 Å². The van der Waals surface area contributed by atoms with Gasteiger partial charge in [-0.1, -0.05) is 6.92 Å². The molecule has 4 nitrogen and oxygen atoms in total. The van der Waals surface area contributed by atoms with Crippen molar-refractivity contribution in [2.75, 3.05) is 0 Å². The molecule has 0 saturated heterocycles. The SMILES string of the molecule is CCC(C#N)Oc1ccc(C(=O)O)cc1C. The van der Waals surface area contributed by atoms with E-state index < -0.39 is 12.1 Å². The lowest BCUT2D eigenvalue weighted by Crippen LogP contribution is -2.13. The minimum atomic E-state index is -0.970. The molecule has 0 aliphatic rings. The van der Waals surface area contributed by atoms with Crippen LogP contribution in [0.2, 0.25) is 0 Å². The molecule has 0 aliphatic heterocycles. The van der Waals surface area contributed by atoms with Crippen molar-refractivity contribution < 1.29 is 14.6 Å². The number of hydrogen-bond acceptors (Lipinski definition) is 3. The normalized spacial score (nSPS) is 11.6. The molecular weight excluding hydrogens is 206 g/mol. The van der Waals surface area contributed by atoms with Gasteiger partial charge in [0.25, 0.3) is 0 Å². The third-order valence-corrected chi connectivity index (χ3v) is 2.21. The van der Waals surface area contributed by atoms with Gasteiger partial charge in [0.15, 0.2) is 6.10 Å². The summed E-state index contributed by atoms with van der Waals surface area (Å²) in [4.78, 5) is 10.7. The molecule has 0 bridgehead atoms. The van der Waals surface area contributed by atoms with Crippen LogP contribution in [0.15, 0.2) is 18.2 Å². The molecule has 84 valence electrons. The zero-order chi connectivity index (χ0) is 12.1. The molecule has 0 saturated carbocycles. The molecule has 0 spiro atoms. The molecule has 1 aromatic carbocycles. The van der Waals surface area contributed by atoms with Crippen LogP contribution < -0.4 is 4.74 Å². The van der Waals surface area contributed by atoms with Crippen LogP contribution in [0.5, 0.6) is 5.75 Å². The molecule has 4 heteroatoms. The third kappa shape index (κ3) is 2.74. The maximum absolute atomic E-state index is 10.7. The summed E-state index contributed by atoms with van der Waals surface area (Å²) in [7, 11) is 0. The molecule has 1 atom stereocenters. The molecule has 0 fully saturated rings. The average Bonchev–Trinajstić information content (AvgIpc) is 2.27. The van der Waals surface area contributed by atoms with Crippen molar-refractivity contribution in [3.8, 4) is 11.8 Å². The van der Waals surface area contributed by atoms with Gasteiger partial charge in [-0.15, -0.1) is 0 Å². The van der Waals surface area contributed by atoms with Crippen molar-refractivity contribution in [1.82, 2.24) is 0 Å². The lowest BCUT2D eigenvalue weighted by Gasteiger charge is -2.12. The van der Waals surface area contributed by atoms with Gasteiger partial charge in [-0.25, -0.2) is 4.79 Å². The molecule has 16 heavy (non-hydrogen) atoms. The van der Waals surface area contributed by atoms with Crippen LogP contribution >= 0.6 is 0 Å². The summed E-state index contributed by atoms with van der Waals surface area (Å²) in [6.07, 6.45) is 0.103. The highest BCUT2D eigenvalue weighted by molar-refractivity contribution is 5.88. The average molecular weight is 219 g/mol. The third-order valence-electron chi connectivity index (χ3n) is 2.21. The molecule has 1 aromatic rings. The van der Waals surface area contributed by atoms with Crippen LogP contribution in [0.3, 0.4) is 0 Å². The van der Waals surface area contributed by atoms with Crippen LogP contribution in [-0.2, 0) is 0 Å². The summed E-state index contributed by atoms with van der Waals surface area (Å²) in [5.41, 5.74) is 0.934. The minimum absolute atomic E-state index is 0.217. The van der Waals surface area contributed by atoms with E-state index in [4.69, 9.17) is 15.1 Å². The van der Waals surface area contributed by atoms with E-state index in [0.29, 0.717) is 17.7 Å². The summed E-state index contributed by atoms with van der Waals surface area (Å²) in [5, 5.41) is 17.5. The lowest BCUT2D eigenvalue weighted by molar-refractivity contribution is 0.0696. The number of benzene rings is 1. The number of carboxylic acids is 1. The number of aromatic carboxylic acids is 1. The Kier molecular flexibility index (Phi) is 3.90. The Bertz CT molecular complexity index is 434. The number of carboxylic acid groups (broad SMARTS) is 1. The molecule has 0 aromatic heterocycles. The van der Waals surface area contributed by atoms with Crippen LogP contribution in [0.4, 0.5) is 0 Å². The van der Waals surface area contributed by atoms with E-state index in [9.17, 15) is 4.79 Å². The topological polar surface area (TPSA) is 70.3 Å². The number of aryl methyl sites for hydroxylation is 1. The van der Waals surface area contributed by atoms with E-state index in [0.717, 1.165) is 0 Å². The van der Waals surface area contributed by atoms with Crippen LogP contribution in [-0.4, -0.2) is 17.2 Å².